The van der Waals surface area contributed by atoms with Crippen LogP contribution in [-0.4, -0.2) is 19.4 Å². The van der Waals surface area contributed by atoms with Gasteiger partial charge in [0.05, 0.1) is 0 Å². The lowest BCUT2D eigenvalue weighted by Gasteiger charge is -2.08. The van der Waals surface area contributed by atoms with Crippen molar-refractivity contribution in [1.29, 1.82) is 0 Å². The number of nitrogens with two attached hydrogens (primary N) is 2. The number of hydrogen-bond acceptors (Lipinski definition) is 3. The van der Waals surface area contributed by atoms with Crippen LogP contribution in [0.5, 0.6) is 0 Å². The first-order valence-electron chi connectivity index (χ1n) is 3.38. The lowest BCUT2D eigenvalue weighted by atomic mass is 10.4. The molecule has 0 aliphatic carbocycles. The van der Waals surface area contributed by atoms with Crippen LogP contribution >= 0.6 is 0 Å². The van der Waals surface area contributed by atoms with Gasteiger partial charge in [-0.15, -0.1) is 0 Å². The van der Waals surface area contributed by atoms with E-state index in [-0.39, 0.29) is 6.23 Å². The molecule has 3 nitrogen and oxygen atoms in total. The van der Waals surface area contributed by atoms with Crippen molar-refractivity contribution < 1.29 is 4.74 Å². The van der Waals surface area contributed by atoms with Gasteiger partial charge in [0.1, 0.15) is 6.23 Å². The highest BCUT2D eigenvalue weighted by Gasteiger charge is 1.95. The van der Waals surface area contributed by atoms with Gasteiger partial charge in [-0.1, -0.05) is 6.92 Å². The summed E-state index contributed by atoms with van der Waals surface area (Å²) in [5.41, 5.74) is 10.7. The van der Waals surface area contributed by atoms with Crippen LogP contribution in [0.1, 0.15) is 19.8 Å². The normalized spacial score (nSPS) is 13.7. The summed E-state index contributed by atoms with van der Waals surface area (Å²) in [6.45, 7) is 3.36. The Labute approximate surface area is 56.4 Å². The second kappa shape index (κ2) is 6.01. The van der Waals surface area contributed by atoms with E-state index in [1.54, 1.807) is 0 Å². The summed E-state index contributed by atoms with van der Waals surface area (Å²) in [5.74, 6) is 0. The Morgan fingerprint density at radius 1 is 1.56 bits per heavy atom. The summed E-state index contributed by atoms with van der Waals surface area (Å²) in [6, 6.07) is 0. The minimum atomic E-state index is -0.100. The van der Waals surface area contributed by atoms with Crippen LogP contribution in [-0.2, 0) is 4.74 Å². The zero-order chi connectivity index (χ0) is 7.11. The molecule has 0 saturated heterocycles. The van der Waals surface area contributed by atoms with Gasteiger partial charge in [-0.25, -0.2) is 0 Å². The van der Waals surface area contributed by atoms with Crippen molar-refractivity contribution in [3.63, 3.8) is 0 Å². The van der Waals surface area contributed by atoms with E-state index >= 15 is 0 Å². The third-order valence-electron chi connectivity index (χ3n) is 1.08. The molecule has 4 N–H and O–H groups in total. The first-order chi connectivity index (χ1) is 4.31. The molecule has 0 bridgehead atoms. The second-order valence-electron chi connectivity index (χ2n) is 1.96. The van der Waals surface area contributed by atoms with E-state index in [2.05, 4.69) is 0 Å². The molecule has 1 unspecified atom stereocenters. The van der Waals surface area contributed by atoms with Gasteiger partial charge in [-0.3, -0.25) is 0 Å². The smallest absolute Gasteiger partial charge is 0.105 e. The van der Waals surface area contributed by atoms with Crippen molar-refractivity contribution in [2.75, 3.05) is 13.2 Å². The maximum absolute atomic E-state index is 5.45. The summed E-state index contributed by atoms with van der Waals surface area (Å²) >= 11 is 0. The van der Waals surface area contributed by atoms with E-state index < -0.39 is 0 Å². The average Bonchev–Trinajstić information content (AvgIpc) is 1.89. The largest absolute Gasteiger partial charge is 0.364 e. The Morgan fingerprint density at radius 2 is 2.22 bits per heavy atom. The van der Waals surface area contributed by atoms with Gasteiger partial charge < -0.3 is 16.2 Å². The van der Waals surface area contributed by atoms with Gasteiger partial charge in [0.25, 0.3) is 0 Å². The molecule has 0 rings (SSSR count). The minimum absolute atomic E-state index is 0.100. The SMILES string of the molecule is CCC(N)OCCCN. The molecule has 0 saturated carbocycles. The Morgan fingerprint density at radius 3 is 2.67 bits per heavy atom. The third-order valence-corrected chi connectivity index (χ3v) is 1.08. The molecular formula is C6H16N2O. The summed E-state index contributed by atoms with van der Waals surface area (Å²) in [4.78, 5) is 0. The molecule has 0 aliphatic heterocycles. The zero-order valence-corrected chi connectivity index (χ0v) is 5.97. The van der Waals surface area contributed by atoms with Crippen LogP contribution in [0.2, 0.25) is 0 Å². The van der Waals surface area contributed by atoms with Crippen molar-refractivity contribution in [3.8, 4) is 0 Å². The molecule has 9 heavy (non-hydrogen) atoms. The van der Waals surface area contributed by atoms with Gasteiger partial charge in [0.15, 0.2) is 0 Å². The van der Waals surface area contributed by atoms with E-state index in [1.165, 1.54) is 0 Å². The topological polar surface area (TPSA) is 61.3 Å². The molecule has 56 valence electrons. The molecule has 0 aromatic rings. The number of rotatable bonds is 5. The molecule has 0 radical (unpaired) electrons. The van der Waals surface area contributed by atoms with E-state index in [4.69, 9.17) is 16.2 Å². The molecule has 0 aliphatic rings. The molecule has 0 aromatic carbocycles. The van der Waals surface area contributed by atoms with Gasteiger partial charge in [0, 0.05) is 6.61 Å². The summed E-state index contributed by atoms with van der Waals surface area (Å²) in [7, 11) is 0. The highest BCUT2D eigenvalue weighted by atomic mass is 16.5. The minimum Gasteiger partial charge on any atom is -0.364 e. The first-order valence-corrected chi connectivity index (χ1v) is 3.38. The average molecular weight is 132 g/mol. The summed E-state index contributed by atoms with van der Waals surface area (Å²) in [6.07, 6.45) is 1.66. The molecule has 0 aromatic heterocycles. The van der Waals surface area contributed by atoms with Crippen molar-refractivity contribution >= 4 is 0 Å². The third kappa shape index (κ3) is 5.76. The van der Waals surface area contributed by atoms with Crippen LogP contribution < -0.4 is 11.5 Å². The standard InChI is InChI=1S/C6H16N2O/c1-2-6(8)9-5-3-4-7/h6H,2-5,7-8H2,1H3. The predicted molar refractivity (Wildman–Crippen MR) is 37.9 cm³/mol. The summed E-state index contributed by atoms with van der Waals surface area (Å²) in [5, 5.41) is 0. The molecule has 0 spiro atoms. The Bertz CT molecular complexity index is 59.0. The fourth-order valence-corrected chi connectivity index (χ4v) is 0.436. The highest BCUT2D eigenvalue weighted by Crippen LogP contribution is 1.89. The van der Waals surface area contributed by atoms with Crippen molar-refractivity contribution in [1.82, 2.24) is 0 Å². The van der Waals surface area contributed by atoms with Crippen molar-refractivity contribution in [2.24, 2.45) is 11.5 Å². The second-order valence-corrected chi connectivity index (χ2v) is 1.96. The molecule has 3 heteroatoms. The van der Waals surface area contributed by atoms with Crippen LogP contribution in [0.3, 0.4) is 0 Å². The predicted octanol–water partition coefficient (Wildman–Crippen LogP) is 0.0466. The van der Waals surface area contributed by atoms with Crippen LogP contribution in [0.4, 0.5) is 0 Å². The Hall–Kier alpha value is -0.120. The lowest BCUT2D eigenvalue weighted by Crippen LogP contribution is -2.23. The molecular weight excluding hydrogens is 116 g/mol. The van der Waals surface area contributed by atoms with Crippen LogP contribution in [0.25, 0.3) is 0 Å². The maximum atomic E-state index is 5.45. The van der Waals surface area contributed by atoms with E-state index in [1.807, 2.05) is 6.92 Å². The fourth-order valence-electron chi connectivity index (χ4n) is 0.436. The van der Waals surface area contributed by atoms with Gasteiger partial charge in [-0.2, -0.15) is 0 Å². The van der Waals surface area contributed by atoms with Crippen molar-refractivity contribution in [2.45, 2.75) is 26.0 Å². The first kappa shape index (κ1) is 8.88. The van der Waals surface area contributed by atoms with Gasteiger partial charge >= 0.3 is 0 Å². The molecule has 0 fully saturated rings. The number of ether oxygens (including phenoxy) is 1. The number of hydrogen-bond donors (Lipinski definition) is 2. The quantitative estimate of drug-likeness (QED) is 0.410. The highest BCUT2D eigenvalue weighted by molar-refractivity contribution is 4.42. The van der Waals surface area contributed by atoms with E-state index in [0.717, 1.165) is 12.8 Å². The Balaban J connectivity index is 2.88. The van der Waals surface area contributed by atoms with E-state index in [0.29, 0.717) is 13.2 Å². The van der Waals surface area contributed by atoms with Gasteiger partial charge in [-0.05, 0) is 19.4 Å². The fraction of sp³-hybridized carbons (Fsp3) is 1.00. The summed E-state index contributed by atoms with van der Waals surface area (Å²) < 4.78 is 5.13. The van der Waals surface area contributed by atoms with Crippen LogP contribution in [0.15, 0.2) is 0 Å². The maximum Gasteiger partial charge on any atom is 0.105 e. The Kier molecular flexibility index (Phi) is 5.93. The van der Waals surface area contributed by atoms with Crippen molar-refractivity contribution in [3.05, 3.63) is 0 Å². The van der Waals surface area contributed by atoms with Crippen LogP contribution in [0, 0.1) is 0 Å². The van der Waals surface area contributed by atoms with E-state index in [9.17, 15) is 0 Å². The molecule has 0 amide bonds. The zero-order valence-electron chi connectivity index (χ0n) is 5.97. The van der Waals surface area contributed by atoms with Gasteiger partial charge in [0.2, 0.25) is 0 Å². The molecule has 1 atom stereocenters. The molecule has 0 heterocycles. The lowest BCUT2D eigenvalue weighted by molar-refractivity contribution is 0.0548. The monoisotopic (exact) mass is 132 g/mol.